The number of benzene rings is 2. The van der Waals surface area contributed by atoms with Gasteiger partial charge in [0, 0.05) is 5.56 Å². The first-order valence-corrected chi connectivity index (χ1v) is 7.92. The summed E-state index contributed by atoms with van der Waals surface area (Å²) in [5.41, 5.74) is 0.972. The third kappa shape index (κ3) is 4.84. The lowest BCUT2D eigenvalue weighted by Gasteiger charge is -2.13. The predicted octanol–water partition coefficient (Wildman–Crippen LogP) is 4.84. The maximum Gasteiger partial charge on any atom is 0.289 e. The number of alkyl halides is 2. The number of hydrogen-bond donors (Lipinski definition) is 1. The molecule has 0 radical (unpaired) electrons. The topological polar surface area (TPSA) is 38.3 Å². The van der Waals surface area contributed by atoms with Gasteiger partial charge in [0.05, 0.1) is 29.1 Å². The molecule has 122 valence electrons. The van der Waals surface area contributed by atoms with Crippen molar-refractivity contribution < 1.29 is 18.3 Å². The molecule has 0 unspecified atom stereocenters. The summed E-state index contributed by atoms with van der Waals surface area (Å²) in [6, 6.07) is 11.7. The number of methoxy groups -OCH3 is 1. The summed E-state index contributed by atoms with van der Waals surface area (Å²) in [6.45, 7) is 0. The molecule has 0 saturated carbocycles. The second-order valence-corrected chi connectivity index (χ2v) is 5.94. The molecular weight excluding hydrogens is 344 g/mol. The zero-order chi connectivity index (χ0) is 16.8. The number of carbonyl (C=O) groups is 1. The Kier molecular flexibility index (Phi) is 6.24. The highest BCUT2D eigenvalue weighted by atomic mass is 35.5. The van der Waals surface area contributed by atoms with Crippen LogP contribution in [0, 0.1) is 0 Å². The molecule has 3 nitrogen and oxygen atoms in total. The Balaban J connectivity index is 2.16. The normalized spacial score (nSPS) is 10.7. The molecule has 7 heteroatoms. The van der Waals surface area contributed by atoms with Crippen molar-refractivity contribution in [1.29, 1.82) is 0 Å². The van der Waals surface area contributed by atoms with Gasteiger partial charge >= 0.3 is 0 Å². The Hall–Kier alpha value is -1.79. The summed E-state index contributed by atoms with van der Waals surface area (Å²) >= 11 is 6.24. The van der Waals surface area contributed by atoms with Crippen LogP contribution in [0.25, 0.3) is 0 Å². The maximum atomic E-state index is 12.6. The Morgan fingerprint density at radius 1 is 1.26 bits per heavy atom. The number of thioether (sulfide) groups is 1. The van der Waals surface area contributed by atoms with Crippen LogP contribution in [-0.2, 0) is 11.2 Å². The number of ether oxygens (including phenoxy) is 1. The van der Waals surface area contributed by atoms with E-state index >= 15 is 0 Å². The van der Waals surface area contributed by atoms with Gasteiger partial charge < -0.3 is 10.1 Å². The highest BCUT2D eigenvalue weighted by Gasteiger charge is 2.16. The Bertz CT molecular complexity index is 698. The van der Waals surface area contributed by atoms with Crippen molar-refractivity contribution in [3.05, 3.63) is 53.1 Å². The summed E-state index contributed by atoms with van der Waals surface area (Å²) in [7, 11) is 1.52. The molecule has 0 aliphatic carbocycles. The lowest BCUT2D eigenvalue weighted by molar-refractivity contribution is -0.115. The van der Waals surface area contributed by atoms with E-state index in [4.69, 9.17) is 16.3 Å². The second-order valence-electron chi connectivity index (χ2n) is 4.53. The first-order valence-electron chi connectivity index (χ1n) is 6.66. The summed E-state index contributed by atoms with van der Waals surface area (Å²) < 4.78 is 30.5. The van der Waals surface area contributed by atoms with Crippen LogP contribution in [0.2, 0.25) is 5.02 Å². The second kappa shape index (κ2) is 8.17. The number of carbonyl (C=O) groups excluding carboxylic acids is 1. The first-order chi connectivity index (χ1) is 11.0. The maximum absolute atomic E-state index is 12.6. The summed E-state index contributed by atoms with van der Waals surface area (Å²) in [4.78, 5) is 12.3. The summed E-state index contributed by atoms with van der Waals surface area (Å²) in [5, 5.41) is 2.80. The average molecular weight is 358 g/mol. The minimum absolute atomic E-state index is 0.0648. The molecule has 0 spiro atoms. The van der Waals surface area contributed by atoms with E-state index in [1.807, 2.05) is 0 Å². The lowest BCUT2D eigenvalue weighted by Crippen LogP contribution is -2.15. The average Bonchev–Trinajstić information content (AvgIpc) is 2.51. The number of halogens is 3. The molecule has 2 rings (SSSR count). The third-order valence-electron chi connectivity index (χ3n) is 2.99. The molecule has 0 bridgehead atoms. The van der Waals surface area contributed by atoms with Crippen LogP contribution in [0.1, 0.15) is 5.56 Å². The molecular formula is C16H14ClF2NO2S. The van der Waals surface area contributed by atoms with E-state index in [0.29, 0.717) is 23.1 Å². The molecule has 23 heavy (non-hydrogen) atoms. The number of amides is 1. The quantitative estimate of drug-likeness (QED) is 0.751. The monoisotopic (exact) mass is 357 g/mol. The molecule has 0 atom stereocenters. The predicted molar refractivity (Wildman–Crippen MR) is 88.6 cm³/mol. The first kappa shape index (κ1) is 17.6. The largest absolute Gasteiger partial charge is 0.496 e. The van der Waals surface area contributed by atoms with Crippen molar-refractivity contribution in [2.75, 3.05) is 12.4 Å². The smallest absolute Gasteiger partial charge is 0.289 e. The van der Waals surface area contributed by atoms with Crippen molar-refractivity contribution in [1.82, 2.24) is 0 Å². The molecule has 0 fully saturated rings. The van der Waals surface area contributed by atoms with Gasteiger partial charge in [-0.1, -0.05) is 47.6 Å². The number of anilines is 1. The van der Waals surface area contributed by atoms with E-state index in [-0.39, 0.29) is 27.9 Å². The van der Waals surface area contributed by atoms with Gasteiger partial charge in [-0.05, 0) is 18.2 Å². The highest BCUT2D eigenvalue weighted by molar-refractivity contribution is 7.99. The van der Waals surface area contributed by atoms with Gasteiger partial charge in [-0.2, -0.15) is 8.78 Å². The minimum atomic E-state index is -2.63. The summed E-state index contributed by atoms with van der Waals surface area (Å²) in [6.07, 6.45) is 0.0648. The van der Waals surface area contributed by atoms with E-state index in [2.05, 4.69) is 5.32 Å². The van der Waals surface area contributed by atoms with Crippen LogP contribution in [0.4, 0.5) is 14.5 Å². The van der Waals surface area contributed by atoms with Gasteiger partial charge in [0.25, 0.3) is 5.76 Å². The van der Waals surface area contributed by atoms with Crippen molar-refractivity contribution in [3.8, 4) is 5.75 Å². The molecule has 0 aromatic heterocycles. The highest BCUT2D eigenvalue weighted by Crippen LogP contribution is 2.37. The van der Waals surface area contributed by atoms with Gasteiger partial charge in [-0.3, -0.25) is 4.79 Å². The van der Waals surface area contributed by atoms with E-state index in [1.54, 1.807) is 30.3 Å². The standard InChI is InChI=1S/C16H14ClF2NO2S/c1-22-13-8-3-2-5-10(13)9-14(21)20-12-7-4-6-11(17)15(12)23-16(18)19/h2-8,16H,9H2,1H3,(H,20,21). The van der Waals surface area contributed by atoms with E-state index in [9.17, 15) is 13.6 Å². The molecule has 1 N–H and O–H groups in total. The van der Waals surface area contributed by atoms with Crippen LogP contribution >= 0.6 is 23.4 Å². The molecule has 0 aliphatic rings. The molecule has 1 amide bonds. The Morgan fingerprint density at radius 3 is 2.70 bits per heavy atom. The number of rotatable bonds is 6. The SMILES string of the molecule is COc1ccccc1CC(=O)Nc1cccc(Cl)c1SC(F)F. The number of para-hydroxylation sites is 1. The number of hydrogen-bond acceptors (Lipinski definition) is 3. The minimum Gasteiger partial charge on any atom is -0.496 e. The van der Waals surface area contributed by atoms with Crippen LogP contribution in [0.3, 0.4) is 0 Å². The lowest BCUT2D eigenvalue weighted by atomic mass is 10.1. The number of nitrogens with one attached hydrogen (secondary N) is 1. The Labute approximate surface area is 142 Å². The van der Waals surface area contributed by atoms with Gasteiger partial charge in [-0.25, -0.2) is 0 Å². The van der Waals surface area contributed by atoms with Crippen molar-refractivity contribution in [3.63, 3.8) is 0 Å². The molecule has 0 saturated heterocycles. The van der Waals surface area contributed by atoms with Gasteiger partial charge in [-0.15, -0.1) is 0 Å². The van der Waals surface area contributed by atoms with Crippen molar-refractivity contribution >= 4 is 35.0 Å². The van der Waals surface area contributed by atoms with E-state index in [1.165, 1.54) is 19.2 Å². The Morgan fingerprint density at radius 2 is 2.00 bits per heavy atom. The molecule has 2 aromatic rings. The van der Waals surface area contributed by atoms with Crippen molar-refractivity contribution in [2.24, 2.45) is 0 Å². The van der Waals surface area contributed by atoms with Gasteiger partial charge in [0.15, 0.2) is 0 Å². The third-order valence-corrected chi connectivity index (χ3v) is 4.27. The fraction of sp³-hybridized carbons (Fsp3) is 0.188. The van der Waals surface area contributed by atoms with E-state index < -0.39 is 5.76 Å². The van der Waals surface area contributed by atoms with Crippen LogP contribution in [0.5, 0.6) is 5.75 Å². The molecule has 0 aliphatic heterocycles. The van der Waals surface area contributed by atoms with E-state index in [0.717, 1.165) is 0 Å². The van der Waals surface area contributed by atoms with Gasteiger partial charge in [0.1, 0.15) is 5.75 Å². The summed E-state index contributed by atoms with van der Waals surface area (Å²) in [5.74, 6) is -2.37. The molecule has 0 heterocycles. The van der Waals surface area contributed by atoms with Crippen LogP contribution < -0.4 is 10.1 Å². The van der Waals surface area contributed by atoms with Crippen molar-refractivity contribution in [2.45, 2.75) is 17.1 Å². The van der Waals surface area contributed by atoms with Crippen LogP contribution in [-0.4, -0.2) is 18.8 Å². The zero-order valence-corrected chi connectivity index (χ0v) is 13.8. The molecule has 2 aromatic carbocycles. The fourth-order valence-electron chi connectivity index (χ4n) is 2.03. The van der Waals surface area contributed by atoms with Crippen LogP contribution in [0.15, 0.2) is 47.4 Å². The zero-order valence-electron chi connectivity index (χ0n) is 12.2. The van der Waals surface area contributed by atoms with Gasteiger partial charge in [0.2, 0.25) is 5.91 Å². The fourth-order valence-corrected chi connectivity index (χ4v) is 2.95.